The molecule has 1 unspecified atom stereocenters. The van der Waals surface area contributed by atoms with E-state index in [1.54, 1.807) is 24.3 Å². The Hall–Kier alpha value is -2.07. The van der Waals surface area contributed by atoms with E-state index in [0.717, 1.165) is 5.56 Å². The molecule has 0 spiro atoms. The van der Waals surface area contributed by atoms with Crippen molar-refractivity contribution in [3.05, 3.63) is 64.4 Å². The number of amides is 1. The maximum absolute atomic E-state index is 13.3. The number of hydrogen-bond donors (Lipinski definition) is 2. The lowest BCUT2D eigenvalue weighted by molar-refractivity contribution is 0.0940. The minimum absolute atomic E-state index is 0.120. The SMILES string of the molecule is CC(Cc1ccc(O)cc1)NC(=O)c1cccc(F)c1Cl. The van der Waals surface area contributed by atoms with Crippen LogP contribution < -0.4 is 5.32 Å². The maximum Gasteiger partial charge on any atom is 0.253 e. The number of aromatic hydroxyl groups is 1. The Balaban J connectivity index is 2.02. The molecule has 0 saturated heterocycles. The van der Waals surface area contributed by atoms with Crippen molar-refractivity contribution in [3.63, 3.8) is 0 Å². The summed E-state index contributed by atoms with van der Waals surface area (Å²) < 4.78 is 13.3. The van der Waals surface area contributed by atoms with Crippen LogP contribution in [0.4, 0.5) is 4.39 Å². The highest BCUT2D eigenvalue weighted by Crippen LogP contribution is 2.19. The average molecular weight is 308 g/mol. The molecule has 0 fully saturated rings. The van der Waals surface area contributed by atoms with Crippen molar-refractivity contribution in [2.24, 2.45) is 0 Å². The Bertz CT molecular complexity index is 643. The molecule has 110 valence electrons. The van der Waals surface area contributed by atoms with Gasteiger partial charge in [0.2, 0.25) is 0 Å². The van der Waals surface area contributed by atoms with E-state index in [0.29, 0.717) is 6.42 Å². The molecular formula is C16H15ClFNO2. The summed E-state index contributed by atoms with van der Waals surface area (Å²) >= 11 is 5.79. The van der Waals surface area contributed by atoms with Gasteiger partial charge in [-0.05, 0) is 43.2 Å². The lowest BCUT2D eigenvalue weighted by atomic mass is 10.1. The van der Waals surface area contributed by atoms with Gasteiger partial charge in [0.25, 0.3) is 5.91 Å². The molecule has 2 aromatic carbocycles. The van der Waals surface area contributed by atoms with Crippen LogP contribution in [0.25, 0.3) is 0 Å². The number of rotatable bonds is 4. The molecule has 0 saturated carbocycles. The third kappa shape index (κ3) is 3.95. The number of benzene rings is 2. The highest BCUT2D eigenvalue weighted by Gasteiger charge is 2.15. The minimum atomic E-state index is -0.615. The second-order valence-corrected chi connectivity index (χ2v) is 5.22. The van der Waals surface area contributed by atoms with Gasteiger partial charge in [-0.15, -0.1) is 0 Å². The average Bonchev–Trinajstić information content (AvgIpc) is 2.44. The zero-order chi connectivity index (χ0) is 15.4. The van der Waals surface area contributed by atoms with Crippen LogP contribution in [0, 0.1) is 5.82 Å². The standard InChI is InChI=1S/C16H15ClFNO2/c1-10(9-11-5-7-12(20)8-6-11)19-16(21)13-3-2-4-14(18)15(13)17/h2-8,10,20H,9H2,1H3,(H,19,21). The van der Waals surface area contributed by atoms with Crippen molar-refractivity contribution in [1.82, 2.24) is 5.32 Å². The first-order valence-corrected chi connectivity index (χ1v) is 6.88. The molecule has 0 bridgehead atoms. The van der Waals surface area contributed by atoms with Gasteiger partial charge in [-0.2, -0.15) is 0 Å². The van der Waals surface area contributed by atoms with Crippen molar-refractivity contribution in [3.8, 4) is 5.75 Å². The molecule has 5 heteroatoms. The van der Waals surface area contributed by atoms with Gasteiger partial charge in [0.05, 0.1) is 10.6 Å². The fraction of sp³-hybridized carbons (Fsp3) is 0.188. The van der Waals surface area contributed by atoms with Crippen molar-refractivity contribution in [2.75, 3.05) is 0 Å². The number of hydrogen-bond acceptors (Lipinski definition) is 2. The predicted octanol–water partition coefficient (Wildman–Crippen LogP) is 3.55. The first-order chi connectivity index (χ1) is 9.97. The summed E-state index contributed by atoms with van der Waals surface area (Å²) in [6.45, 7) is 1.85. The van der Waals surface area contributed by atoms with Crippen LogP contribution in [0.1, 0.15) is 22.8 Å². The second kappa shape index (κ2) is 6.59. The van der Waals surface area contributed by atoms with Crippen LogP contribution in [0.15, 0.2) is 42.5 Å². The Morgan fingerprint density at radius 2 is 1.95 bits per heavy atom. The van der Waals surface area contributed by atoms with E-state index in [4.69, 9.17) is 11.6 Å². The zero-order valence-corrected chi connectivity index (χ0v) is 12.2. The molecule has 0 radical (unpaired) electrons. The number of nitrogens with one attached hydrogen (secondary N) is 1. The van der Waals surface area contributed by atoms with E-state index in [-0.39, 0.29) is 22.4 Å². The second-order valence-electron chi connectivity index (χ2n) is 4.85. The number of phenolic OH excluding ortho intramolecular Hbond substituents is 1. The fourth-order valence-electron chi connectivity index (χ4n) is 2.02. The Labute approximate surface area is 127 Å². The van der Waals surface area contributed by atoms with E-state index >= 15 is 0 Å². The summed E-state index contributed by atoms with van der Waals surface area (Å²) in [4.78, 5) is 12.1. The molecular weight excluding hydrogens is 293 g/mol. The molecule has 3 nitrogen and oxygen atoms in total. The Kier molecular flexibility index (Phi) is 4.81. The van der Waals surface area contributed by atoms with Gasteiger partial charge in [-0.25, -0.2) is 4.39 Å². The van der Waals surface area contributed by atoms with Gasteiger partial charge in [0, 0.05) is 6.04 Å². The Morgan fingerprint density at radius 1 is 1.29 bits per heavy atom. The normalized spacial score (nSPS) is 12.0. The Morgan fingerprint density at radius 3 is 2.62 bits per heavy atom. The van der Waals surface area contributed by atoms with Gasteiger partial charge in [-0.3, -0.25) is 4.79 Å². The molecule has 1 amide bonds. The van der Waals surface area contributed by atoms with Crippen LogP contribution >= 0.6 is 11.6 Å². The highest BCUT2D eigenvalue weighted by atomic mass is 35.5. The summed E-state index contributed by atoms with van der Waals surface area (Å²) in [6, 6.07) is 10.7. The molecule has 0 aliphatic heterocycles. The summed E-state index contributed by atoms with van der Waals surface area (Å²) in [6.07, 6.45) is 0.596. The van der Waals surface area contributed by atoms with Crippen LogP contribution in [0.3, 0.4) is 0 Å². The lowest BCUT2D eigenvalue weighted by Gasteiger charge is -2.15. The van der Waals surface area contributed by atoms with Gasteiger partial charge in [0.15, 0.2) is 0 Å². The summed E-state index contributed by atoms with van der Waals surface area (Å²) in [5.41, 5.74) is 1.10. The first-order valence-electron chi connectivity index (χ1n) is 6.50. The summed E-state index contributed by atoms with van der Waals surface area (Å²) in [5.74, 6) is -0.830. The van der Waals surface area contributed by atoms with Gasteiger partial charge in [0.1, 0.15) is 11.6 Å². The predicted molar refractivity (Wildman–Crippen MR) is 80.1 cm³/mol. The highest BCUT2D eigenvalue weighted by molar-refractivity contribution is 6.34. The van der Waals surface area contributed by atoms with E-state index in [2.05, 4.69) is 5.32 Å². The van der Waals surface area contributed by atoms with Crippen molar-refractivity contribution in [1.29, 1.82) is 0 Å². The quantitative estimate of drug-likeness (QED) is 0.907. The van der Waals surface area contributed by atoms with Crippen LogP contribution in [0.2, 0.25) is 5.02 Å². The van der Waals surface area contributed by atoms with Crippen LogP contribution in [0.5, 0.6) is 5.75 Å². The van der Waals surface area contributed by atoms with Gasteiger partial charge < -0.3 is 10.4 Å². The molecule has 0 aliphatic rings. The van der Waals surface area contributed by atoms with E-state index in [9.17, 15) is 14.3 Å². The van der Waals surface area contributed by atoms with Crippen LogP contribution in [-0.2, 0) is 6.42 Å². The van der Waals surface area contributed by atoms with Gasteiger partial charge in [-0.1, -0.05) is 29.8 Å². The van der Waals surface area contributed by atoms with E-state index in [1.807, 2.05) is 6.92 Å². The molecule has 2 aromatic rings. The summed E-state index contributed by atoms with van der Waals surface area (Å²) in [7, 11) is 0. The fourth-order valence-corrected chi connectivity index (χ4v) is 2.23. The molecule has 2 rings (SSSR count). The number of halogens is 2. The molecule has 1 atom stereocenters. The summed E-state index contributed by atoms with van der Waals surface area (Å²) in [5, 5.41) is 11.8. The maximum atomic E-state index is 13.3. The van der Waals surface area contributed by atoms with E-state index < -0.39 is 11.7 Å². The zero-order valence-electron chi connectivity index (χ0n) is 11.4. The topological polar surface area (TPSA) is 49.3 Å². The molecule has 0 heterocycles. The van der Waals surface area contributed by atoms with Gasteiger partial charge >= 0.3 is 0 Å². The smallest absolute Gasteiger partial charge is 0.253 e. The minimum Gasteiger partial charge on any atom is -0.508 e. The third-order valence-corrected chi connectivity index (χ3v) is 3.44. The first kappa shape index (κ1) is 15.3. The van der Waals surface area contributed by atoms with Crippen molar-refractivity contribution < 1.29 is 14.3 Å². The molecule has 2 N–H and O–H groups in total. The van der Waals surface area contributed by atoms with Crippen molar-refractivity contribution >= 4 is 17.5 Å². The number of phenols is 1. The number of carbonyl (C=O) groups is 1. The molecule has 0 aliphatic carbocycles. The molecule has 21 heavy (non-hydrogen) atoms. The lowest BCUT2D eigenvalue weighted by Crippen LogP contribution is -2.34. The van der Waals surface area contributed by atoms with E-state index in [1.165, 1.54) is 18.2 Å². The third-order valence-electron chi connectivity index (χ3n) is 3.05. The molecule has 0 aromatic heterocycles. The van der Waals surface area contributed by atoms with Crippen LogP contribution in [-0.4, -0.2) is 17.1 Å². The van der Waals surface area contributed by atoms with Crippen molar-refractivity contribution in [2.45, 2.75) is 19.4 Å². The largest absolute Gasteiger partial charge is 0.508 e. The monoisotopic (exact) mass is 307 g/mol. The number of carbonyl (C=O) groups excluding carboxylic acids is 1.